The molecule has 2 aromatic rings. The molecule has 0 unspecified atom stereocenters. The van der Waals surface area contributed by atoms with Crippen molar-refractivity contribution in [2.24, 2.45) is 0 Å². The smallest absolute Gasteiger partial charge is 0.325 e. The number of aromatic hydroxyl groups is 1. The van der Waals surface area contributed by atoms with Crippen molar-refractivity contribution in [3.05, 3.63) is 65.5 Å². The van der Waals surface area contributed by atoms with Crippen molar-refractivity contribution in [3.63, 3.8) is 0 Å². The van der Waals surface area contributed by atoms with Gasteiger partial charge in [0, 0.05) is 25.7 Å². The molecule has 2 aliphatic rings. The lowest BCUT2D eigenvalue weighted by atomic mass is 9.85. The summed E-state index contributed by atoms with van der Waals surface area (Å²) in [5.74, 6) is -1.91. The number of benzene rings is 2. The van der Waals surface area contributed by atoms with Crippen LogP contribution in [0.25, 0.3) is 0 Å². The number of likely N-dealkylation sites (tertiary alicyclic amines) is 1. The summed E-state index contributed by atoms with van der Waals surface area (Å²) in [5, 5.41) is 11.7. The van der Waals surface area contributed by atoms with E-state index < -0.39 is 23.3 Å². The zero-order chi connectivity index (χ0) is 20.6. The quantitative estimate of drug-likeness (QED) is 0.778. The summed E-state index contributed by atoms with van der Waals surface area (Å²) in [5.41, 5.74) is -0.245. The highest BCUT2D eigenvalue weighted by Gasteiger charge is 2.54. The Labute approximate surface area is 166 Å². The van der Waals surface area contributed by atoms with Crippen molar-refractivity contribution in [1.29, 1.82) is 0 Å². The van der Waals surface area contributed by atoms with Crippen LogP contribution in [0.15, 0.2) is 48.5 Å². The second-order valence-electron chi connectivity index (χ2n) is 7.32. The van der Waals surface area contributed by atoms with Gasteiger partial charge >= 0.3 is 6.03 Å². The molecule has 0 radical (unpaired) electrons. The van der Waals surface area contributed by atoms with Crippen LogP contribution in [0.1, 0.15) is 28.8 Å². The molecule has 2 fully saturated rings. The third-order valence-electron chi connectivity index (χ3n) is 5.65. The fourth-order valence-electron chi connectivity index (χ4n) is 4.01. The second-order valence-corrected chi connectivity index (χ2v) is 7.32. The van der Waals surface area contributed by atoms with Gasteiger partial charge in [-0.3, -0.25) is 14.9 Å². The largest absolute Gasteiger partial charge is 0.508 e. The Morgan fingerprint density at radius 2 is 1.79 bits per heavy atom. The van der Waals surface area contributed by atoms with Crippen LogP contribution in [-0.2, 0) is 11.3 Å². The lowest BCUT2D eigenvalue weighted by Gasteiger charge is -2.42. The van der Waals surface area contributed by atoms with Gasteiger partial charge in [0.05, 0.1) is 5.56 Å². The van der Waals surface area contributed by atoms with Gasteiger partial charge in [0.2, 0.25) is 0 Å². The van der Waals surface area contributed by atoms with Crippen LogP contribution < -0.4 is 5.32 Å². The Hall–Kier alpha value is -3.42. The van der Waals surface area contributed by atoms with Crippen molar-refractivity contribution in [2.45, 2.75) is 24.9 Å². The number of nitrogens with one attached hydrogen (secondary N) is 1. The SMILES string of the molecule is O=C(c1ccc(O)cc1F)N1CCC2(CC1)C(=O)NC(=O)N2Cc1ccccc1. The van der Waals surface area contributed by atoms with Gasteiger partial charge in [0.25, 0.3) is 11.8 Å². The summed E-state index contributed by atoms with van der Waals surface area (Å²) in [7, 11) is 0. The molecule has 0 bridgehead atoms. The number of rotatable bonds is 3. The van der Waals surface area contributed by atoms with E-state index >= 15 is 0 Å². The third kappa shape index (κ3) is 3.30. The number of piperidine rings is 1. The Morgan fingerprint density at radius 3 is 2.45 bits per heavy atom. The number of amides is 4. The molecule has 0 saturated carbocycles. The van der Waals surface area contributed by atoms with Crippen molar-refractivity contribution < 1.29 is 23.9 Å². The van der Waals surface area contributed by atoms with Crippen LogP contribution >= 0.6 is 0 Å². The van der Waals surface area contributed by atoms with E-state index in [1.165, 1.54) is 21.9 Å². The maximum absolute atomic E-state index is 14.0. The Morgan fingerprint density at radius 1 is 1.10 bits per heavy atom. The van der Waals surface area contributed by atoms with E-state index in [2.05, 4.69) is 5.32 Å². The first kappa shape index (κ1) is 18.9. The molecular weight excluding hydrogens is 377 g/mol. The number of urea groups is 1. The summed E-state index contributed by atoms with van der Waals surface area (Å²) in [6, 6.07) is 12.3. The lowest BCUT2D eigenvalue weighted by molar-refractivity contribution is -0.129. The van der Waals surface area contributed by atoms with E-state index in [1.54, 1.807) is 0 Å². The predicted molar refractivity (Wildman–Crippen MR) is 101 cm³/mol. The molecule has 150 valence electrons. The molecule has 2 aliphatic heterocycles. The van der Waals surface area contributed by atoms with Gasteiger partial charge in [0.1, 0.15) is 17.1 Å². The van der Waals surface area contributed by atoms with Crippen molar-refractivity contribution in [3.8, 4) is 5.75 Å². The predicted octanol–water partition coefficient (Wildman–Crippen LogP) is 2.26. The average Bonchev–Trinajstić information content (AvgIpc) is 2.93. The minimum Gasteiger partial charge on any atom is -0.508 e. The molecule has 2 aromatic carbocycles. The van der Waals surface area contributed by atoms with Crippen LogP contribution in [-0.4, -0.2) is 51.4 Å². The molecule has 2 heterocycles. The molecule has 1 spiro atoms. The van der Waals surface area contributed by atoms with Crippen LogP contribution in [0.3, 0.4) is 0 Å². The molecule has 29 heavy (non-hydrogen) atoms. The van der Waals surface area contributed by atoms with Crippen molar-refractivity contribution in [1.82, 2.24) is 15.1 Å². The summed E-state index contributed by atoms with van der Waals surface area (Å²) in [6.45, 7) is 0.717. The zero-order valence-electron chi connectivity index (χ0n) is 15.6. The number of nitrogens with zero attached hydrogens (tertiary/aromatic N) is 2. The van der Waals surface area contributed by atoms with Crippen LogP contribution in [0, 0.1) is 5.82 Å². The van der Waals surface area contributed by atoms with Gasteiger partial charge in [-0.15, -0.1) is 0 Å². The van der Waals surface area contributed by atoms with E-state index in [-0.39, 0.29) is 43.2 Å². The van der Waals surface area contributed by atoms with Gasteiger partial charge in [0.15, 0.2) is 0 Å². The number of carbonyl (C=O) groups excluding carboxylic acids is 3. The van der Waals surface area contributed by atoms with Crippen LogP contribution in [0.2, 0.25) is 0 Å². The highest BCUT2D eigenvalue weighted by molar-refractivity contribution is 6.07. The molecule has 8 heteroatoms. The molecule has 7 nitrogen and oxygen atoms in total. The summed E-state index contributed by atoms with van der Waals surface area (Å²) >= 11 is 0. The minimum absolute atomic E-state index is 0.133. The molecule has 2 N–H and O–H groups in total. The first-order valence-corrected chi connectivity index (χ1v) is 9.35. The van der Waals surface area contributed by atoms with Crippen molar-refractivity contribution in [2.75, 3.05) is 13.1 Å². The second kappa shape index (κ2) is 7.20. The zero-order valence-corrected chi connectivity index (χ0v) is 15.6. The van der Waals surface area contributed by atoms with E-state index in [0.717, 1.165) is 11.6 Å². The van der Waals surface area contributed by atoms with Crippen molar-refractivity contribution >= 4 is 17.8 Å². The third-order valence-corrected chi connectivity index (χ3v) is 5.65. The summed E-state index contributed by atoms with van der Waals surface area (Å²) < 4.78 is 14.0. The van der Waals surface area contributed by atoms with Crippen LogP contribution in [0.5, 0.6) is 5.75 Å². The van der Waals surface area contributed by atoms with Gasteiger partial charge in [-0.2, -0.15) is 0 Å². The molecular formula is C21H20FN3O4. The van der Waals surface area contributed by atoms with Gasteiger partial charge < -0.3 is 14.9 Å². The van der Waals surface area contributed by atoms with E-state index in [1.807, 2.05) is 30.3 Å². The minimum atomic E-state index is -1.02. The molecule has 4 amide bonds. The monoisotopic (exact) mass is 397 g/mol. The molecule has 0 atom stereocenters. The van der Waals surface area contributed by atoms with Crippen LogP contribution in [0.4, 0.5) is 9.18 Å². The topological polar surface area (TPSA) is 90.0 Å². The number of carbonyl (C=O) groups is 3. The first-order valence-electron chi connectivity index (χ1n) is 9.35. The maximum Gasteiger partial charge on any atom is 0.325 e. The first-order chi connectivity index (χ1) is 13.9. The normalized spacial score (nSPS) is 18.2. The Balaban J connectivity index is 1.52. The Kier molecular flexibility index (Phi) is 4.70. The fourth-order valence-corrected chi connectivity index (χ4v) is 4.01. The van der Waals surface area contributed by atoms with E-state index in [0.29, 0.717) is 6.54 Å². The molecule has 2 saturated heterocycles. The highest BCUT2D eigenvalue weighted by atomic mass is 19.1. The number of phenols is 1. The fraction of sp³-hybridized carbons (Fsp3) is 0.286. The average molecular weight is 397 g/mol. The van der Waals surface area contributed by atoms with E-state index in [4.69, 9.17) is 0 Å². The highest BCUT2D eigenvalue weighted by Crippen LogP contribution is 2.35. The Bertz CT molecular complexity index is 971. The standard InChI is InChI=1S/C21H20FN3O4/c22-17-12-15(26)6-7-16(17)18(27)24-10-8-21(9-11-24)19(28)23-20(29)25(21)13-14-4-2-1-3-5-14/h1-7,12,26H,8-11,13H2,(H,23,28,29). The maximum atomic E-state index is 14.0. The number of hydrogen-bond acceptors (Lipinski definition) is 4. The number of imide groups is 1. The number of hydrogen-bond donors (Lipinski definition) is 2. The van der Waals surface area contributed by atoms with E-state index in [9.17, 15) is 23.9 Å². The van der Waals surface area contributed by atoms with Gasteiger partial charge in [-0.05, 0) is 30.5 Å². The number of halogens is 1. The summed E-state index contributed by atoms with van der Waals surface area (Å²) in [6.07, 6.45) is 0.533. The molecule has 4 rings (SSSR count). The summed E-state index contributed by atoms with van der Waals surface area (Å²) in [4.78, 5) is 40.7. The number of phenolic OH excluding ortho intramolecular Hbond substituents is 1. The van der Waals surface area contributed by atoms with Gasteiger partial charge in [-0.25, -0.2) is 9.18 Å². The molecule has 0 aromatic heterocycles. The lowest BCUT2D eigenvalue weighted by Crippen LogP contribution is -2.57. The molecule has 0 aliphatic carbocycles. The van der Waals surface area contributed by atoms with Gasteiger partial charge in [-0.1, -0.05) is 30.3 Å².